The van der Waals surface area contributed by atoms with E-state index in [-0.39, 0.29) is 18.1 Å². The number of halogens is 1. The van der Waals surface area contributed by atoms with Gasteiger partial charge in [-0.05, 0) is 12.1 Å². The van der Waals surface area contributed by atoms with Crippen molar-refractivity contribution < 1.29 is 13.6 Å². The maximum Gasteiger partial charge on any atom is 0.228 e. The van der Waals surface area contributed by atoms with Crippen molar-refractivity contribution in [1.29, 1.82) is 0 Å². The lowest BCUT2D eigenvalue weighted by Gasteiger charge is -2.36. The predicted molar refractivity (Wildman–Crippen MR) is 75.4 cm³/mol. The fraction of sp³-hybridized carbons (Fsp3) is 0.333. The van der Waals surface area contributed by atoms with E-state index >= 15 is 0 Å². The molecule has 110 valence electrons. The van der Waals surface area contributed by atoms with Crippen LogP contribution in [-0.2, 0) is 11.2 Å². The molecule has 1 fully saturated rings. The largest absolute Gasteiger partial charge is 0.451 e. The van der Waals surface area contributed by atoms with E-state index in [0.717, 1.165) is 0 Å². The molecule has 1 aliphatic heterocycles. The van der Waals surface area contributed by atoms with E-state index in [9.17, 15) is 9.18 Å². The fourth-order valence-electron chi connectivity index (χ4n) is 2.50. The van der Waals surface area contributed by atoms with Gasteiger partial charge in [-0.15, -0.1) is 0 Å². The van der Waals surface area contributed by atoms with Crippen molar-refractivity contribution >= 4 is 11.6 Å². The number of oxazole rings is 1. The van der Waals surface area contributed by atoms with E-state index in [4.69, 9.17) is 4.42 Å². The number of anilines is 1. The Hall–Kier alpha value is -2.37. The molecule has 0 bridgehead atoms. The Balaban J connectivity index is 1.58. The predicted octanol–water partition coefficient (Wildman–Crippen LogP) is 1.71. The molecule has 1 aromatic carbocycles. The third-order valence-corrected chi connectivity index (χ3v) is 3.64. The van der Waals surface area contributed by atoms with E-state index in [2.05, 4.69) is 4.98 Å². The van der Waals surface area contributed by atoms with E-state index in [1.807, 2.05) is 11.0 Å². The van der Waals surface area contributed by atoms with Crippen LogP contribution in [0.1, 0.15) is 5.69 Å². The van der Waals surface area contributed by atoms with Gasteiger partial charge >= 0.3 is 0 Å². The Bertz CT molecular complexity index is 607. The second-order valence-electron chi connectivity index (χ2n) is 4.98. The summed E-state index contributed by atoms with van der Waals surface area (Å²) in [6.07, 6.45) is 3.04. The van der Waals surface area contributed by atoms with Crippen LogP contribution in [0.2, 0.25) is 0 Å². The summed E-state index contributed by atoms with van der Waals surface area (Å²) in [5.74, 6) is -0.197. The minimum atomic E-state index is -0.222. The topological polar surface area (TPSA) is 49.6 Å². The van der Waals surface area contributed by atoms with Gasteiger partial charge in [0.2, 0.25) is 5.91 Å². The number of rotatable bonds is 3. The van der Waals surface area contributed by atoms with E-state index in [1.54, 1.807) is 17.0 Å². The number of para-hydroxylation sites is 1. The van der Waals surface area contributed by atoms with Crippen LogP contribution in [0.5, 0.6) is 0 Å². The molecule has 0 saturated carbocycles. The number of piperazine rings is 1. The second kappa shape index (κ2) is 5.95. The van der Waals surface area contributed by atoms with Gasteiger partial charge in [0.25, 0.3) is 0 Å². The van der Waals surface area contributed by atoms with Crippen molar-refractivity contribution in [3.8, 4) is 0 Å². The van der Waals surface area contributed by atoms with Gasteiger partial charge in [0.05, 0.1) is 17.8 Å². The molecule has 0 spiro atoms. The van der Waals surface area contributed by atoms with Gasteiger partial charge in [-0.2, -0.15) is 0 Å². The highest BCUT2D eigenvalue weighted by Crippen LogP contribution is 2.20. The Kier molecular flexibility index (Phi) is 3.85. The molecule has 0 atom stereocenters. The number of nitrogens with zero attached hydrogens (tertiary/aromatic N) is 3. The maximum absolute atomic E-state index is 13.7. The lowest BCUT2D eigenvalue weighted by Crippen LogP contribution is -2.49. The Morgan fingerprint density at radius 3 is 2.67 bits per heavy atom. The van der Waals surface area contributed by atoms with Crippen LogP contribution in [0.15, 0.2) is 41.3 Å². The molecule has 0 N–H and O–H groups in total. The standard InChI is InChI=1S/C15H16FN3O2/c16-13-3-1-2-4-14(13)18-5-7-19(8-6-18)15(20)9-12-10-21-11-17-12/h1-4,10-11H,5-9H2. The maximum atomic E-state index is 13.7. The molecule has 1 saturated heterocycles. The summed E-state index contributed by atoms with van der Waals surface area (Å²) < 4.78 is 18.6. The van der Waals surface area contributed by atoms with Gasteiger partial charge in [-0.1, -0.05) is 12.1 Å². The minimum absolute atomic E-state index is 0.0251. The van der Waals surface area contributed by atoms with Crippen molar-refractivity contribution in [3.05, 3.63) is 48.4 Å². The number of hydrogen-bond donors (Lipinski definition) is 0. The number of amides is 1. The second-order valence-corrected chi connectivity index (χ2v) is 4.98. The average Bonchev–Trinajstić information content (AvgIpc) is 3.01. The molecule has 5 nitrogen and oxygen atoms in total. The van der Waals surface area contributed by atoms with Gasteiger partial charge in [0.15, 0.2) is 6.39 Å². The van der Waals surface area contributed by atoms with Crippen LogP contribution in [0.3, 0.4) is 0 Å². The van der Waals surface area contributed by atoms with Gasteiger partial charge in [-0.3, -0.25) is 4.79 Å². The lowest BCUT2D eigenvalue weighted by atomic mass is 10.2. The number of hydrogen-bond acceptors (Lipinski definition) is 4. The highest BCUT2D eigenvalue weighted by atomic mass is 19.1. The molecule has 6 heteroatoms. The van der Waals surface area contributed by atoms with E-state index in [1.165, 1.54) is 18.7 Å². The third kappa shape index (κ3) is 3.04. The fourth-order valence-corrected chi connectivity index (χ4v) is 2.50. The molecule has 2 heterocycles. The quantitative estimate of drug-likeness (QED) is 0.863. The van der Waals surface area contributed by atoms with E-state index < -0.39 is 0 Å². The van der Waals surface area contributed by atoms with Crippen molar-refractivity contribution in [2.24, 2.45) is 0 Å². The molecular formula is C15H16FN3O2. The number of carbonyl (C=O) groups excluding carboxylic acids is 1. The average molecular weight is 289 g/mol. The Morgan fingerprint density at radius 1 is 1.24 bits per heavy atom. The van der Waals surface area contributed by atoms with E-state index in [0.29, 0.717) is 37.6 Å². The van der Waals surface area contributed by atoms with Gasteiger partial charge < -0.3 is 14.2 Å². The molecule has 21 heavy (non-hydrogen) atoms. The molecule has 0 radical (unpaired) electrons. The Morgan fingerprint density at radius 2 is 2.00 bits per heavy atom. The summed E-state index contributed by atoms with van der Waals surface area (Å²) in [5, 5.41) is 0. The summed E-state index contributed by atoms with van der Waals surface area (Å²) in [6, 6.07) is 6.72. The first-order valence-electron chi connectivity index (χ1n) is 6.88. The zero-order valence-electron chi connectivity index (χ0n) is 11.5. The molecule has 1 amide bonds. The molecule has 3 rings (SSSR count). The summed E-state index contributed by atoms with van der Waals surface area (Å²) in [4.78, 5) is 19.8. The van der Waals surface area contributed by atoms with Crippen LogP contribution in [0, 0.1) is 5.82 Å². The first-order chi connectivity index (χ1) is 10.2. The van der Waals surface area contributed by atoms with Crippen LogP contribution >= 0.6 is 0 Å². The van der Waals surface area contributed by atoms with Crippen LogP contribution in [-0.4, -0.2) is 42.0 Å². The van der Waals surface area contributed by atoms with Gasteiger partial charge in [-0.25, -0.2) is 9.37 Å². The highest BCUT2D eigenvalue weighted by Gasteiger charge is 2.23. The molecule has 2 aromatic rings. The summed E-state index contributed by atoms with van der Waals surface area (Å²) in [6.45, 7) is 2.44. The van der Waals surface area contributed by atoms with Gasteiger partial charge in [0, 0.05) is 26.2 Å². The summed E-state index contributed by atoms with van der Waals surface area (Å²) in [5.41, 5.74) is 1.23. The number of carbonyl (C=O) groups is 1. The SMILES string of the molecule is O=C(Cc1cocn1)N1CCN(c2ccccc2F)CC1. The monoisotopic (exact) mass is 289 g/mol. The van der Waals surface area contributed by atoms with Crippen LogP contribution < -0.4 is 4.90 Å². The van der Waals surface area contributed by atoms with Crippen molar-refractivity contribution in [3.63, 3.8) is 0 Å². The molecule has 0 aliphatic carbocycles. The first-order valence-corrected chi connectivity index (χ1v) is 6.88. The van der Waals surface area contributed by atoms with Gasteiger partial charge in [0.1, 0.15) is 12.1 Å². The van der Waals surface area contributed by atoms with Crippen molar-refractivity contribution in [1.82, 2.24) is 9.88 Å². The summed E-state index contributed by atoms with van der Waals surface area (Å²) >= 11 is 0. The third-order valence-electron chi connectivity index (χ3n) is 3.64. The van der Waals surface area contributed by atoms with Crippen molar-refractivity contribution in [2.45, 2.75) is 6.42 Å². The summed E-state index contributed by atoms with van der Waals surface area (Å²) in [7, 11) is 0. The number of aromatic nitrogens is 1. The first kappa shape index (κ1) is 13.6. The zero-order valence-corrected chi connectivity index (χ0v) is 11.5. The zero-order chi connectivity index (χ0) is 14.7. The van der Waals surface area contributed by atoms with Crippen LogP contribution in [0.4, 0.5) is 10.1 Å². The lowest BCUT2D eigenvalue weighted by molar-refractivity contribution is -0.130. The van der Waals surface area contributed by atoms with Crippen LogP contribution in [0.25, 0.3) is 0 Å². The smallest absolute Gasteiger partial charge is 0.228 e. The molecule has 1 aliphatic rings. The van der Waals surface area contributed by atoms with Crippen molar-refractivity contribution in [2.75, 3.05) is 31.1 Å². The highest BCUT2D eigenvalue weighted by molar-refractivity contribution is 5.78. The molecular weight excluding hydrogens is 273 g/mol. The molecule has 1 aromatic heterocycles. The number of benzene rings is 1. The normalized spacial score (nSPS) is 15.3. The molecule has 0 unspecified atom stereocenters. The Labute approximate surface area is 122 Å². The minimum Gasteiger partial charge on any atom is -0.451 e.